The number of aliphatic carboxylic acids is 1. The third kappa shape index (κ3) is 6.20. The van der Waals surface area contributed by atoms with Crippen LogP contribution in [0.3, 0.4) is 0 Å². The van der Waals surface area contributed by atoms with Gasteiger partial charge in [0.15, 0.2) is 6.61 Å². The molecule has 0 radical (unpaired) electrons. The molecule has 0 saturated heterocycles. The Morgan fingerprint density at radius 1 is 1.13 bits per heavy atom. The number of nitrogens with zero attached hydrogens (tertiary/aromatic N) is 3. The molecule has 0 amide bonds. The van der Waals surface area contributed by atoms with Gasteiger partial charge in [-0.2, -0.15) is 5.10 Å². The summed E-state index contributed by atoms with van der Waals surface area (Å²) in [5.74, 6) is -0.254. The number of rotatable bonds is 11. The van der Waals surface area contributed by atoms with Crippen molar-refractivity contribution < 1.29 is 19.5 Å². The summed E-state index contributed by atoms with van der Waals surface area (Å²) in [6.07, 6.45) is 5.37. The van der Waals surface area contributed by atoms with Gasteiger partial charge in [-0.25, -0.2) is 4.68 Å². The summed E-state index contributed by atoms with van der Waals surface area (Å²) in [5.41, 5.74) is 3.57. The first kappa shape index (κ1) is 21.1. The maximum Gasteiger partial charge on any atom is 0.307 e. The molecule has 1 aromatic heterocycles. The quantitative estimate of drug-likeness (QED) is 0.294. The van der Waals surface area contributed by atoms with E-state index in [1.807, 2.05) is 36.5 Å². The maximum absolute atomic E-state index is 10.8. The van der Waals surface area contributed by atoms with E-state index in [0.717, 1.165) is 29.8 Å². The molecule has 2 aromatic carbocycles. The van der Waals surface area contributed by atoms with Crippen molar-refractivity contribution in [1.29, 1.82) is 0 Å². The lowest BCUT2D eigenvalue weighted by Gasteiger charge is -2.09. The van der Waals surface area contributed by atoms with Crippen LogP contribution in [-0.4, -0.2) is 39.8 Å². The Bertz CT molecular complexity index is 966. The molecular weight excluding hydrogens is 382 g/mol. The molecule has 7 heteroatoms. The lowest BCUT2D eigenvalue weighted by molar-refractivity contribution is -0.136. The summed E-state index contributed by atoms with van der Waals surface area (Å²) in [7, 11) is 0. The lowest BCUT2D eigenvalue weighted by atomic mass is 10.1. The molecule has 3 rings (SSSR count). The summed E-state index contributed by atoms with van der Waals surface area (Å²) in [6, 6.07) is 17.0. The smallest absolute Gasteiger partial charge is 0.307 e. The fourth-order valence-corrected chi connectivity index (χ4v) is 2.95. The lowest BCUT2D eigenvalue weighted by Crippen LogP contribution is -2.08. The van der Waals surface area contributed by atoms with Crippen LogP contribution in [0, 0.1) is 0 Å². The van der Waals surface area contributed by atoms with Gasteiger partial charge in [-0.05, 0) is 47.9 Å². The van der Waals surface area contributed by atoms with E-state index in [-0.39, 0.29) is 6.42 Å². The van der Waals surface area contributed by atoms with Crippen LogP contribution in [0.25, 0.3) is 5.69 Å². The number of oxime groups is 1. The minimum atomic E-state index is -0.870. The van der Waals surface area contributed by atoms with Gasteiger partial charge in [0, 0.05) is 12.4 Å². The predicted molar refractivity (Wildman–Crippen MR) is 114 cm³/mol. The molecule has 0 aliphatic rings. The minimum absolute atomic E-state index is 0.0302. The Balaban J connectivity index is 1.53. The molecule has 0 fully saturated rings. The molecule has 0 atom stereocenters. The number of hydrogen-bond acceptors (Lipinski definition) is 5. The molecule has 1 heterocycles. The van der Waals surface area contributed by atoms with Gasteiger partial charge in [0.25, 0.3) is 0 Å². The van der Waals surface area contributed by atoms with Crippen molar-refractivity contribution in [2.45, 2.75) is 26.2 Å². The highest BCUT2D eigenvalue weighted by Gasteiger charge is 2.06. The molecule has 156 valence electrons. The molecule has 0 bridgehead atoms. The van der Waals surface area contributed by atoms with Crippen molar-refractivity contribution in [1.82, 2.24) is 9.78 Å². The third-order valence-corrected chi connectivity index (χ3v) is 4.33. The second-order valence-electron chi connectivity index (χ2n) is 6.69. The molecule has 3 aromatic rings. The molecule has 0 aliphatic carbocycles. The molecule has 0 saturated carbocycles. The molecule has 7 nitrogen and oxygen atoms in total. The Morgan fingerprint density at radius 2 is 1.97 bits per heavy atom. The topological polar surface area (TPSA) is 85.9 Å². The Kier molecular flexibility index (Phi) is 7.60. The largest absolute Gasteiger partial charge is 0.490 e. The zero-order valence-corrected chi connectivity index (χ0v) is 16.9. The van der Waals surface area contributed by atoms with Gasteiger partial charge < -0.3 is 14.7 Å². The highest BCUT2D eigenvalue weighted by molar-refractivity contribution is 6.00. The van der Waals surface area contributed by atoms with Crippen molar-refractivity contribution in [2.75, 3.05) is 13.2 Å². The first-order valence-electron chi connectivity index (χ1n) is 9.88. The van der Waals surface area contributed by atoms with Crippen molar-refractivity contribution in [3.63, 3.8) is 0 Å². The zero-order valence-electron chi connectivity index (χ0n) is 16.9. The SMILES string of the molecule is CCCC(=NOCCOc1cccc(CC(=O)O)c1)c1ccc(-n2cccn2)cc1. The Morgan fingerprint density at radius 3 is 2.67 bits per heavy atom. The van der Waals surface area contributed by atoms with Crippen LogP contribution in [0.4, 0.5) is 0 Å². The van der Waals surface area contributed by atoms with Crippen molar-refractivity contribution in [2.24, 2.45) is 5.16 Å². The van der Waals surface area contributed by atoms with Crippen LogP contribution in [0.1, 0.15) is 30.9 Å². The van der Waals surface area contributed by atoms with E-state index >= 15 is 0 Å². The van der Waals surface area contributed by atoms with Gasteiger partial charge in [0.05, 0.1) is 17.8 Å². The number of carboxylic acid groups (broad SMARTS) is 1. The average Bonchev–Trinajstić information content (AvgIpc) is 3.28. The van der Waals surface area contributed by atoms with Crippen molar-refractivity contribution >= 4 is 11.7 Å². The number of ether oxygens (including phenoxy) is 1. The van der Waals surface area contributed by atoms with Crippen LogP contribution < -0.4 is 4.74 Å². The number of benzene rings is 2. The standard InChI is InChI=1S/C23H25N3O4/c1-2-5-22(19-8-10-20(11-9-19)26-13-4-12-24-26)25-30-15-14-29-21-7-3-6-18(16-21)17-23(27)28/h3-4,6-13,16H,2,5,14-15,17H2,1H3,(H,27,28). The highest BCUT2D eigenvalue weighted by Crippen LogP contribution is 2.14. The van der Waals surface area contributed by atoms with Crippen molar-refractivity contribution in [3.05, 3.63) is 78.1 Å². The summed E-state index contributed by atoms with van der Waals surface area (Å²) >= 11 is 0. The van der Waals surface area contributed by atoms with E-state index in [2.05, 4.69) is 17.2 Å². The summed E-state index contributed by atoms with van der Waals surface area (Å²) in [4.78, 5) is 16.3. The highest BCUT2D eigenvalue weighted by atomic mass is 16.6. The fourth-order valence-electron chi connectivity index (χ4n) is 2.95. The second-order valence-corrected chi connectivity index (χ2v) is 6.69. The molecule has 0 aliphatic heterocycles. The molecule has 0 unspecified atom stereocenters. The Labute approximate surface area is 175 Å². The van der Waals surface area contributed by atoms with E-state index in [4.69, 9.17) is 14.7 Å². The van der Waals surface area contributed by atoms with Crippen LogP contribution in [0.2, 0.25) is 0 Å². The summed E-state index contributed by atoms with van der Waals surface area (Å²) < 4.78 is 7.44. The van der Waals surface area contributed by atoms with E-state index < -0.39 is 5.97 Å². The van der Waals surface area contributed by atoms with Gasteiger partial charge in [0.1, 0.15) is 12.4 Å². The van der Waals surface area contributed by atoms with Crippen LogP contribution in [-0.2, 0) is 16.1 Å². The normalized spacial score (nSPS) is 11.3. The van der Waals surface area contributed by atoms with Crippen LogP contribution in [0.15, 0.2) is 72.1 Å². The maximum atomic E-state index is 10.8. The molecule has 1 N–H and O–H groups in total. The summed E-state index contributed by atoms with van der Waals surface area (Å²) in [6.45, 7) is 2.71. The van der Waals surface area contributed by atoms with Gasteiger partial charge in [-0.3, -0.25) is 4.79 Å². The van der Waals surface area contributed by atoms with Gasteiger partial charge in [-0.1, -0.05) is 42.8 Å². The predicted octanol–water partition coefficient (Wildman–Crippen LogP) is 4.10. The monoisotopic (exact) mass is 407 g/mol. The number of carboxylic acids is 1. The zero-order chi connectivity index (χ0) is 21.2. The minimum Gasteiger partial charge on any atom is -0.490 e. The van der Waals surface area contributed by atoms with E-state index in [1.54, 1.807) is 35.1 Å². The number of aromatic nitrogens is 2. The average molecular weight is 407 g/mol. The Hall–Kier alpha value is -3.61. The van der Waals surface area contributed by atoms with E-state index in [0.29, 0.717) is 24.5 Å². The van der Waals surface area contributed by atoms with Crippen molar-refractivity contribution in [3.8, 4) is 11.4 Å². The summed E-state index contributed by atoms with van der Waals surface area (Å²) in [5, 5.41) is 17.4. The molecule has 30 heavy (non-hydrogen) atoms. The number of hydrogen-bond donors (Lipinski definition) is 1. The first-order chi connectivity index (χ1) is 14.7. The number of carbonyl (C=O) groups is 1. The molecular formula is C23H25N3O4. The van der Waals surface area contributed by atoms with E-state index in [1.165, 1.54) is 0 Å². The first-order valence-corrected chi connectivity index (χ1v) is 9.88. The van der Waals surface area contributed by atoms with Gasteiger partial charge >= 0.3 is 5.97 Å². The molecule has 0 spiro atoms. The second kappa shape index (κ2) is 10.8. The van der Waals surface area contributed by atoms with Gasteiger partial charge in [0.2, 0.25) is 0 Å². The van der Waals surface area contributed by atoms with E-state index in [9.17, 15) is 4.79 Å². The van der Waals surface area contributed by atoms with Crippen LogP contribution in [0.5, 0.6) is 5.75 Å². The van der Waals surface area contributed by atoms with Crippen LogP contribution >= 0.6 is 0 Å². The third-order valence-electron chi connectivity index (χ3n) is 4.33. The fraction of sp³-hybridized carbons (Fsp3) is 0.261. The van der Waals surface area contributed by atoms with Gasteiger partial charge in [-0.15, -0.1) is 0 Å².